The summed E-state index contributed by atoms with van der Waals surface area (Å²) < 4.78 is 10.8. The summed E-state index contributed by atoms with van der Waals surface area (Å²) in [7, 11) is 0.268. The predicted octanol–water partition coefficient (Wildman–Crippen LogP) is 3.17. The monoisotopic (exact) mass is 345 g/mol. The van der Waals surface area contributed by atoms with E-state index in [1.54, 1.807) is 0 Å². The van der Waals surface area contributed by atoms with Crippen molar-refractivity contribution >= 4 is 25.5 Å². The third-order valence-electron chi connectivity index (χ3n) is 3.77. The van der Waals surface area contributed by atoms with Crippen molar-refractivity contribution in [1.29, 1.82) is 5.41 Å². The second kappa shape index (κ2) is 10.0. The maximum absolute atomic E-state index is 9.96. The van der Waals surface area contributed by atoms with Gasteiger partial charge in [-0.15, -0.1) is 11.6 Å². The molecule has 4 nitrogen and oxygen atoms in total. The van der Waals surface area contributed by atoms with Gasteiger partial charge in [0.15, 0.2) is 0 Å². The molecule has 2 atom stereocenters. The molecule has 2 rings (SSSR count). The third kappa shape index (κ3) is 5.91. The molecule has 6 heteroatoms. The fourth-order valence-electron chi connectivity index (χ4n) is 2.37. The van der Waals surface area contributed by atoms with Gasteiger partial charge in [-0.1, -0.05) is 42.5 Å². The van der Waals surface area contributed by atoms with Gasteiger partial charge in [0, 0.05) is 11.7 Å². The molecule has 0 heterocycles. The van der Waals surface area contributed by atoms with Gasteiger partial charge in [-0.05, 0) is 29.7 Å². The highest BCUT2D eigenvalue weighted by Gasteiger charge is 2.21. The Morgan fingerprint density at radius 1 is 1.08 bits per heavy atom. The van der Waals surface area contributed by atoms with Crippen molar-refractivity contribution in [2.24, 2.45) is 0 Å². The minimum absolute atomic E-state index is 0.143. The van der Waals surface area contributed by atoms with Crippen LogP contribution < -0.4 is 4.74 Å². The number of alkyl halides is 1. The summed E-state index contributed by atoms with van der Waals surface area (Å²) in [4.78, 5) is 0. The molecular formula is C18H21BClNO3. The van der Waals surface area contributed by atoms with Gasteiger partial charge in [0.25, 0.3) is 0 Å². The van der Waals surface area contributed by atoms with Crippen molar-refractivity contribution in [2.45, 2.75) is 24.9 Å². The molecule has 0 saturated heterocycles. The van der Waals surface area contributed by atoms with E-state index < -0.39 is 6.10 Å². The Morgan fingerprint density at radius 3 is 2.42 bits per heavy atom. The van der Waals surface area contributed by atoms with E-state index in [-0.39, 0.29) is 19.2 Å². The van der Waals surface area contributed by atoms with Crippen LogP contribution in [-0.2, 0) is 17.7 Å². The van der Waals surface area contributed by atoms with Gasteiger partial charge in [0.2, 0.25) is 0 Å². The van der Waals surface area contributed by atoms with Crippen LogP contribution in [0.2, 0.25) is 5.82 Å². The van der Waals surface area contributed by atoms with Crippen molar-refractivity contribution in [3.05, 3.63) is 65.7 Å². The predicted molar refractivity (Wildman–Crippen MR) is 98.4 cm³/mol. The van der Waals surface area contributed by atoms with E-state index in [1.807, 2.05) is 54.6 Å². The summed E-state index contributed by atoms with van der Waals surface area (Å²) in [6.07, 6.45) is 0.843. The van der Waals surface area contributed by atoms with Gasteiger partial charge in [0.1, 0.15) is 18.8 Å². The molecular weight excluding hydrogens is 324 g/mol. The number of benzene rings is 2. The van der Waals surface area contributed by atoms with Crippen LogP contribution in [0.4, 0.5) is 0 Å². The van der Waals surface area contributed by atoms with Crippen LogP contribution in [0.15, 0.2) is 54.6 Å². The first-order chi connectivity index (χ1) is 11.7. The lowest BCUT2D eigenvalue weighted by molar-refractivity contribution is 0.184. The summed E-state index contributed by atoms with van der Waals surface area (Å²) in [5, 5.41) is 16.9. The Hall–Kier alpha value is -1.98. The van der Waals surface area contributed by atoms with Gasteiger partial charge in [-0.25, -0.2) is 0 Å². The fraction of sp³-hybridized carbons (Fsp3) is 0.278. The number of rotatable bonds is 10. The van der Waals surface area contributed by atoms with Crippen LogP contribution >= 0.6 is 11.6 Å². The normalized spacial score (nSPS) is 12.9. The smallest absolute Gasteiger partial charge is 0.347 e. The number of nitrogens with one attached hydrogen (secondary N) is 1. The lowest BCUT2D eigenvalue weighted by Gasteiger charge is -2.19. The Balaban J connectivity index is 1.91. The largest absolute Gasteiger partial charge is 0.557 e. The molecule has 0 fully saturated rings. The van der Waals surface area contributed by atoms with E-state index in [0.29, 0.717) is 13.0 Å². The molecule has 0 spiro atoms. The molecule has 0 aliphatic carbocycles. The minimum atomic E-state index is -0.666. The zero-order valence-electron chi connectivity index (χ0n) is 13.4. The molecule has 0 unspecified atom stereocenters. The first kappa shape index (κ1) is 18.4. The number of halogens is 1. The average molecular weight is 346 g/mol. The second-order valence-corrected chi connectivity index (χ2v) is 5.86. The lowest BCUT2D eigenvalue weighted by Crippen LogP contribution is -2.25. The van der Waals surface area contributed by atoms with Crippen molar-refractivity contribution in [2.75, 3.05) is 5.88 Å². The van der Waals surface area contributed by atoms with E-state index in [1.165, 1.54) is 0 Å². The fourth-order valence-corrected chi connectivity index (χ4v) is 2.62. The van der Waals surface area contributed by atoms with Crippen LogP contribution in [0, 0.1) is 5.41 Å². The molecule has 0 aliphatic rings. The molecule has 0 aliphatic heterocycles. The first-order valence-corrected chi connectivity index (χ1v) is 8.36. The Morgan fingerprint density at radius 2 is 1.79 bits per heavy atom. The van der Waals surface area contributed by atoms with E-state index in [9.17, 15) is 5.11 Å². The van der Waals surface area contributed by atoms with Gasteiger partial charge >= 0.3 is 7.48 Å². The summed E-state index contributed by atoms with van der Waals surface area (Å²) in [5.41, 5.74) is 2.18. The summed E-state index contributed by atoms with van der Waals surface area (Å²) >= 11 is 5.73. The Bertz CT molecular complexity index is 609. The van der Waals surface area contributed by atoms with Gasteiger partial charge in [-0.3, -0.25) is 5.41 Å². The zero-order chi connectivity index (χ0) is 17.2. The van der Waals surface area contributed by atoms with E-state index >= 15 is 0 Å². The number of hydrogen-bond acceptors (Lipinski definition) is 4. The summed E-state index contributed by atoms with van der Waals surface area (Å²) in [6, 6.07) is 17.8. The lowest BCUT2D eigenvalue weighted by atomic mass is 9.72. The summed E-state index contributed by atoms with van der Waals surface area (Å²) in [6.45, 7) is 0.529. The molecule has 0 amide bonds. The minimum Gasteiger partial charge on any atom is -0.557 e. The third-order valence-corrected chi connectivity index (χ3v) is 4.08. The standard InChI is InChI=1S/C18H21BClNO3/c20-11-18(22)17(19-24-13-21)10-14-6-8-16(9-7-14)23-12-15-4-2-1-3-5-15/h1-9,13,17-19,21-22H,10-12H2/t17-,18-/m0/s1. The van der Waals surface area contributed by atoms with Gasteiger partial charge in [0.05, 0.1) is 6.10 Å². The topological polar surface area (TPSA) is 62.5 Å². The van der Waals surface area contributed by atoms with Crippen LogP contribution in [0.3, 0.4) is 0 Å². The SMILES string of the molecule is N=COB[C@@H](Cc1ccc(OCc2ccccc2)cc1)[C@@H](O)CCl. The van der Waals surface area contributed by atoms with Crippen molar-refractivity contribution in [3.8, 4) is 5.75 Å². The van der Waals surface area contributed by atoms with E-state index in [4.69, 9.17) is 26.4 Å². The molecule has 126 valence electrons. The van der Waals surface area contributed by atoms with Crippen LogP contribution in [-0.4, -0.2) is 31.0 Å². The molecule has 0 saturated carbocycles. The zero-order valence-corrected chi connectivity index (χ0v) is 14.2. The van der Waals surface area contributed by atoms with Crippen molar-refractivity contribution in [1.82, 2.24) is 0 Å². The van der Waals surface area contributed by atoms with Gasteiger partial charge in [-0.2, -0.15) is 0 Å². The number of aliphatic hydroxyl groups excluding tert-OH is 1. The quantitative estimate of drug-likeness (QED) is 0.301. The molecule has 2 N–H and O–H groups in total. The average Bonchev–Trinajstić information content (AvgIpc) is 2.64. The van der Waals surface area contributed by atoms with Crippen molar-refractivity contribution in [3.63, 3.8) is 0 Å². The van der Waals surface area contributed by atoms with E-state index in [2.05, 4.69) is 0 Å². The number of ether oxygens (including phenoxy) is 1. The van der Waals surface area contributed by atoms with Crippen LogP contribution in [0.1, 0.15) is 11.1 Å². The maximum atomic E-state index is 9.96. The van der Waals surface area contributed by atoms with E-state index in [0.717, 1.165) is 23.3 Å². The van der Waals surface area contributed by atoms with Crippen LogP contribution in [0.5, 0.6) is 5.75 Å². The summed E-state index contributed by atoms with van der Waals surface area (Å²) in [5.74, 6) is 0.789. The first-order valence-electron chi connectivity index (χ1n) is 7.83. The van der Waals surface area contributed by atoms with Gasteiger partial charge < -0.3 is 14.5 Å². The highest BCUT2D eigenvalue weighted by molar-refractivity contribution is 6.32. The molecule has 2 aromatic rings. The second-order valence-electron chi connectivity index (χ2n) is 5.56. The Labute approximate surface area is 148 Å². The van der Waals surface area contributed by atoms with Crippen molar-refractivity contribution < 1.29 is 14.5 Å². The molecule has 0 radical (unpaired) electrons. The molecule has 2 aromatic carbocycles. The molecule has 0 bridgehead atoms. The van der Waals surface area contributed by atoms with Crippen LogP contribution in [0.25, 0.3) is 0 Å². The Kier molecular flexibility index (Phi) is 7.66. The number of hydrogen-bond donors (Lipinski definition) is 2. The number of aliphatic hydroxyl groups is 1. The highest BCUT2D eigenvalue weighted by atomic mass is 35.5. The highest BCUT2D eigenvalue weighted by Crippen LogP contribution is 2.21. The molecule has 0 aromatic heterocycles. The maximum Gasteiger partial charge on any atom is 0.347 e. The molecule has 24 heavy (non-hydrogen) atoms.